The van der Waals surface area contributed by atoms with Crippen molar-refractivity contribution in [2.45, 2.75) is 52.7 Å². The minimum absolute atomic E-state index is 0.263. The van der Waals surface area contributed by atoms with Gasteiger partial charge in [-0.3, -0.25) is 0 Å². The van der Waals surface area contributed by atoms with E-state index in [2.05, 4.69) is 41.4 Å². The molecule has 0 saturated carbocycles. The lowest BCUT2D eigenvalue weighted by Crippen LogP contribution is -2.50. The lowest BCUT2D eigenvalue weighted by Gasteiger charge is -2.36. The van der Waals surface area contributed by atoms with E-state index < -0.39 is 0 Å². The van der Waals surface area contributed by atoms with E-state index in [0.717, 1.165) is 24.1 Å². The monoisotopic (exact) mass is 228 g/mol. The predicted octanol–water partition coefficient (Wildman–Crippen LogP) is 3.58. The molecule has 0 heterocycles. The van der Waals surface area contributed by atoms with E-state index >= 15 is 0 Å². The van der Waals surface area contributed by atoms with E-state index in [9.17, 15) is 0 Å². The summed E-state index contributed by atoms with van der Waals surface area (Å²) in [5, 5.41) is 0. The van der Waals surface area contributed by atoms with Crippen LogP contribution in [0.5, 0.6) is 0 Å². The van der Waals surface area contributed by atoms with Gasteiger partial charge >= 0.3 is 0 Å². The summed E-state index contributed by atoms with van der Waals surface area (Å²) in [4.78, 5) is 0. The summed E-state index contributed by atoms with van der Waals surface area (Å²) in [6, 6.07) is 0. The maximum absolute atomic E-state index is 6.02. The first-order valence-electron chi connectivity index (χ1n) is 6.52. The molecule has 0 saturated heterocycles. The van der Waals surface area contributed by atoms with Crippen LogP contribution in [0.15, 0.2) is 12.2 Å². The second kappa shape index (κ2) is 7.86. The molecule has 0 spiro atoms. The normalized spacial score (nSPS) is 13.8. The molecule has 2 heteroatoms. The summed E-state index contributed by atoms with van der Waals surface area (Å²) in [7, 11) is 4.46. The second-order valence-corrected chi connectivity index (χ2v) is 5.29. The zero-order chi connectivity index (χ0) is 12.6. The molecule has 0 rings (SSSR count). The smallest absolute Gasteiger partial charge is 0.196 e. The van der Waals surface area contributed by atoms with Crippen LogP contribution >= 0.6 is 0 Å². The van der Waals surface area contributed by atoms with Crippen molar-refractivity contribution >= 4 is 0 Å². The van der Waals surface area contributed by atoms with Gasteiger partial charge in [-0.2, -0.15) is 0 Å². The Kier molecular flexibility index (Phi) is 7.69. The molecule has 0 aliphatic rings. The van der Waals surface area contributed by atoms with Crippen LogP contribution in [0, 0.1) is 0 Å². The number of ether oxygens (including phenoxy) is 1. The molecule has 96 valence electrons. The van der Waals surface area contributed by atoms with Crippen LogP contribution in [0.4, 0.5) is 0 Å². The first-order chi connectivity index (χ1) is 7.44. The van der Waals surface area contributed by atoms with Crippen LogP contribution in [-0.2, 0) is 4.74 Å². The van der Waals surface area contributed by atoms with E-state index in [1.807, 2.05) is 0 Å². The highest BCUT2D eigenvalue weighted by Crippen LogP contribution is 2.16. The Bertz CT molecular complexity index is 199. The predicted molar refractivity (Wildman–Crippen MR) is 71.3 cm³/mol. The van der Waals surface area contributed by atoms with Gasteiger partial charge in [0.2, 0.25) is 0 Å². The van der Waals surface area contributed by atoms with Crippen molar-refractivity contribution in [3.05, 3.63) is 12.2 Å². The number of nitrogens with zero attached hydrogens (tertiary/aromatic N) is 1. The van der Waals surface area contributed by atoms with E-state index in [1.165, 1.54) is 24.8 Å². The number of quaternary nitrogens is 1. The summed E-state index contributed by atoms with van der Waals surface area (Å²) in [5.74, 6) is 0. The van der Waals surface area contributed by atoms with Crippen LogP contribution in [0.3, 0.4) is 0 Å². The second-order valence-electron chi connectivity index (χ2n) is 5.29. The van der Waals surface area contributed by atoms with Crippen LogP contribution in [0.25, 0.3) is 0 Å². The van der Waals surface area contributed by atoms with Crippen molar-refractivity contribution in [1.29, 1.82) is 0 Å². The summed E-state index contributed by atoms with van der Waals surface area (Å²) >= 11 is 0. The van der Waals surface area contributed by atoms with E-state index in [1.54, 1.807) is 0 Å². The number of hydrogen-bond acceptors (Lipinski definition) is 1. The van der Waals surface area contributed by atoms with Gasteiger partial charge in [-0.1, -0.05) is 31.9 Å². The number of unbranched alkanes of at least 4 members (excludes halogenated alkanes) is 2. The van der Waals surface area contributed by atoms with Crippen molar-refractivity contribution in [3.63, 3.8) is 0 Å². The number of hydrogen-bond donors (Lipinski definition) is 0. The molecule has 0 radical (unpaired) electrons. The molecule has 0 N–H and O–H groups in total. The molecular weight excluding hydrogens is 198 g/mol. The fraction of sp³-hybridized carbons (Fsp3) is 0.857. The average Bonchev–Trinajstić information content (AvgIpc) is 2.22. The quantitative estimate of drug-likeness (QED) is 0.254. The SMILES string of the molecule is C=C(C)CC(OCCCCC)[N+](C)(C)CC. The Morgan fingerprint density at radius 2 is 1.88 bits per heavy atom. The largest absolute Gasteiger partial charge is 0.329 e. The Morgan fingerprint density at radius 1 is 1.25 bits per heavy atom. The minimum atomic E-state index is 0.263. The molecule has 0 aromatic carbocycles. The standard InChI is InChI=1S/C14H30NO/c1-7-9-10-11-16-14(12-13(3)4)15(5,6)8-2/h14H,3,7-12H2,1-2,4-6H3/q+1. The fourth-order valence-corrected chi connectivity index (χ4v) is 1.58. The molecule has 16 heavy (non-hydrogen) atoms. The summed E-state index contributed by atoms with van der Waals surface area (Å²) in [6.07, 6.45) is 4.92. The number of rotatable bonds is 9. The van der Waals surface area contributed by atoms with Crippen molar-refractivity contribution < 1.29 is 9.22 Å². The Morgan fingerprint density at radius 3 is 2.31 bits per heavy atom. The van der Waals surface area contributed by atoms with Gasteiger partial charge in [0.05, 0.1) is 27.2 Å². The fourth-order valence-electron chi connectivity index (χ4n) is 1.58. The van der Waals surface area contributed by atoms with E-state index in [-0.39, 0.29) is 6.23 Å². The molecule has 0 fully saturated rings. The molecule has 0 aromatic rings. The Hall–Kier alpha value is -0.340. The van der Waals surface area contributed by atoms with Gasteiger partial charge in [0.1, 0.15) is 0 Å². The first-order valence-corrected chi connectivity index (χ1v) is 6.52. The van der Waals surface area contributed by atoms with Crippen molar-refractivity contribution in [2.24, 2.45) is 0 Å². The minimum Gasteiger partial charge on any atom is -0.329 e. The van der Waals surface area contributed by atoms with Gasteiger partial charge in [0, 0.05) is 6.42 Å². The molecular formula is C14H30NO+. The molecule has 0 aliphatic heterocycles. The Labute approximate surface area is 102 Å². The van der Waals surface area contributed by atoms with Gasteiger partial charge < -0.3 is 9.22 Å². The first kappa shape index (κ1) is 15.7. The third-order valence-corrected chi connectivity index (χ3v) is 3.18. The van der Waals surface area contributed by atoms with Crippen LogP contribution in [0.2, 0.25) is 0 Å². The summed E-state index contributed by atoms with van der Waals surface area (Å²) in [5.41, 5.74) is 1.21. The van der Waals surface area contributed by atoms with E-state index in [4.69, 9.17) is 4.74 Å². The highest BCUT2D eigenvalue weighted by Gasteiger charge is 2.26. The van der Waals surface area contributed by atoms with Gasteiger partial charge in [-0.25, -0.2) is 0 Å². The topological polar surface area (TPSA) is 9.23 Å². The summed E-state index contributed by atoms with van der Waals surface area (Å²) < 4.78 is 6.94. The molecule has 2 nitrogen and oxygen atoms in total. The lowest BCUT2D eigenvalue weighted by molar-refractivity contribution is -0.935. The van der Waals surface area contributed by atoms with Crippen molar-refractivity contribution in [1.82, 2.24) is 0 Å². The highest BCUT2D eigenvalue weighted by molar-refractivity contribution is 4.88. The zero-order valence-electron chi connectivity index (χ0n) is 11.9. The highest BCUT2D eigenvalue weighted by atomic mass is 16.5. The van der Waals surface area contributed by atoms with Gasteiger partial charge in [0.15, 0.2) is 6.23 Å². The molecule has 1 unspecified atom stereocenters. The average molecular weight is 228 g/mol. The van der Waals surface area contributed by atoms with Crippen molar-refractivity contribution in [3.8, 4) is 0 Å². The maximum atomic E-state index is 6.02. The maximum Gasteiger partial charge on any atom is 0.196 e. The van der Waals surface area contributed by atoms with Crippen LogP contribution in [-0.4, -0.2) is 38.0 Å². The molecule has 0 aliphatic carbocycles. The lowest BCUT2D eigenvalue weighted by atomic mass is 10.2. The molecule has 0 amide bonds. The van der Waals surface area contributed by atoms with Gasteiger partial charge in [0.25, 0.3) is 0 Å². The van der Waals surface area contributed by atoms with Crippen molar-refractivity contribution in [2.75, 3.05) is 27.2 Å². The molecule has 1 atom stereocenters. The van der Waals surface area contributed by atoms with Gasteiger partial charge in [-0.15, -0.1) is 0 Å². The third kappa shape index (κ3) is 6.29. The molecule has 0 aromatic heterocycles. The van der Waals surface area contributed by atoms with Gasteiger partial charge in [-0.05, 0) is 20.3 Å². The van der Waals surface area contributed by atoms with E-state index in [0.29, 0.717) is 0 Å². The third-order valence-electron chi connectivity index (χ3n) is 3.18. The van der Waals surface area contributed by atoms with Crippen LogP contribution in [0.1, 0.15) is 46.5 Å². The van der Waals surface area contributed by atoms with Crippen LogP contribution < -0.4 is 0 Å². The Balaban J connectivity index is 4.16. The zero-order valence-corrected chi connectivity index (χ0v) is 11.9. The summed E-state index contributed by atoms with van der Waals surface area (Å²) in [6.45, 7) is 12.5. The molecule has 0 bridgehead atoms.